The summed E-state index contributed by atoms with van der Waals surface area (Å²) in [5.41, 5.74) is 0.709. The molecule has 106 valence electrons. The summed E-state index contributed by atoms with van der Waals surface area (Å²) in [6.07, 6.45) is 0. The van der Waals surface area contributed by atoms with Crippen LogP contribution in [0, 0.1) is 10.1 Å². The van der Waals surface area contributed by atoms with Gasteiger partial charge in [0.1, 0.15) is 5.75 Å². The van der Waals surface area contributed by atoms with Gasteiger partial charge in [-0.15, -0.1) is 0 Å². The van der Waals surface area contributed by atoms with Gasteiger partial charge in [0, 0.05) is 17.7 Å². The molecule has 0 heterocycles. The fraction of sp³-hybridized carbons (Fsp3) is 0.0667. The van der Waals surface area contributed by atoms with E-state index in [1.165, 1.54) is 55.5 Å². The summed E-state index contributed by atoms with van der Waals surface area (Å²) < 4.78 is 5.09. The van der Waals surface area contributed by atoms with Crippen LogP contribution in [0.5, 0.6) is 5.75 Å². The molecule has 0 aliphatic heterocycles. The number of carbonyl (C=O) groups is 2. The van der Waals surface area contributed by atoms with Crippen LogP contribution in [0.2, 0.25) is 0 Å². The van der Waals surface area contributed by atoms with Crippen LogP contribution in [0.15, 0.2) is 48.5 Å². The van der Waals surface area contributed by atoms with Crippen LogP contribution in [0.25, 0.3) is 0 Å². The molecule has 6 heteroatoms. The summed E-state index contributed by atoms with van der Waals surface area (Å²) in [5.74, 6) is -0.481. The van der Waals surface area contributed by atoms with E-state index in [1.807, 2.05) is 0 Å². The van der Waals surface area contributed by atoms with E-state index >= 15 is 0 Å². The molecule has 0 aliphatic rings. The number of nitro groups is 1. The standard InChI is InChI=1S/C15H11NO5/c1-10(17)11-2-4-12(5-3-11)15(18)21-14-8-6-13(7-9-14)16(19)20/h2-9H,1H3. The zero-order chi connectivity index (χ0) is 15.4. The second-order valence-electron chi connectivity index (χ2n) is 4.27. The van der Waals surface area contributed by atoms with Crippen molar-refractivity contribution in [2.24, 2.45) is 0 Å². The Hall–Kier alpha value is -3.02. The minimum absolute atomic E-state index is 0.0828. The van der Waals surface area contributed by atoms with Crippen molar-refractivity contribution in [3.8, 4) is 5.75 Å². The first kappa shape index (κ1) is 14.4. The second-order valence-corrected chi connectivity index (χ2v) is 4.27. The van der Waals surface area contributed by atoms with Crippen LogP contribution in [-0.2, 0) is 0 Å². The van der Waals surface area contributed by atoms with E-state index in [0.717, 1.165) is 0 Å². The summed E-state index contributed by atoms with van der Waals surface area (Å²) in [6.45, 7) is 1.43. The van der Waals surface area contributed by atoms with Crippen LogP contribution in [0.1, 0.15) is 27.6 Å². The minimum atomic E-state index is -0.598. The summed E-state index contributed by atoms with van der Waals surface area (Å²) >= 11 is 0. The average molecular weight is 285 g/mol. The molecule has 2 rings (SSSR count). The number of ketones is 1. The number of nitro benzene ring substituents is 1. The monoisotopic (exact) mass is 285 g/mol. The summed E-state index contributed by atoms with van der Waals surface area (Å²) in [7, 11) is 0. The van der Waals surface area contributed by atoms with Crippen molar-refractivity contribution >= 4 is 17.4 Å². The third-order valence-electron chi connectivity index (χ3n) is 2.79. The van der Waals surface area contributed by atoms with Gasteiger partial charge in [0.25, 0.3) is 5.69 Å². The third kappa shape index (κ3) is 3.50. The Morgan fingerprint density at radius 1 is 0.952 bits per heavy atom. The van der Waals surface area contributed by atoms with E-state index in [-0.39, 0.29) is 17.2 Å². The van der Waals surface area contributed by atoms with E-state index in [0.29, 0.717) is 11.1 Å². The Balaban J connectivity index is 2.10. The maximum Gasteiger partial charge on any atom is 0.343 e. The van der Waals surface area contributed by atoms with Gasteiger partial charge in [-0.05, 0) is 31.2 Å². The van der Waals surface area contributed by atoms with Crippen molar-refractivity contribution in [3.05, 3.63) is 69.8 Å². The van der Waals surface area contributed by atoms with Gasteiger partial charge in [0.05, 0.1) is 10.5 Å². The van der Waals surface area contributed by atoms with Crippen molar-refractivity contribution < 1.29 is 19.2 Å². The molecule has 0 atom stereocenters. The van der Waals surface area contributed by atoms with Crippen LogP contribution in [-0.4, -0.2) is 16.7 Å². The molecule has 0 saturated carbocycles. The van der Waals surface area contributed by atoms with Crippen molar-refractivity contribution in [2.45, 2.75) is 6.92 Å². The SMILES string of the molecule is CC(=O)c1ccc(C(=O)Oc2ccc([N+](=O)[O-])cc2)cc1. The molecular formula is C15H11NO5. The number of hydrogen-bond acceptors (Lipinski definition) is 5. The predicted molar refractivity (Wildman–Crippen MR) is 74.5 cm³/mol. The number of rotatable bonds is 4. The summed E-state index contributed by atoms with van der Waals surface area (Å²) in [5, 5.41) is 10.5. The van der Waals surface area contributed by atoms with Gasteiger partial charge in [-0.1, -0.05) is 12.1 Å². The predicted octanol–water partition coefficient (Wildman–Crippen LogP) is 3.02. The minimum Gasteiger partial charge on any atom is -0.423 e. The summed E-state index contributed by atoms with van der Waals surface area (Å²) in [4.78, 5) is 33.0. The van der Waals surface area contributed by atoms with Crippen molar-refractivity contribution in [1.82, 2.24) is 0 Å². The molecule has 2 aromatic rings. The molecule has 21 heavy (non-hydrogen) atoms. The number of non-ortho nitro benzene ring substituents is 1. The fourth-order valence-electron chi connectivity index (χ4n) is 1.64. The summed E-state index contributed by atoms with van der Waals surface area (Å²) in [6, 6.07) is 11.3. The molecule has 6 nitrogen and oxygen atoms in total. The first-order valence-electron chi connectivity index (χ1n) is 6.05. The molecule has 2 aromatic carbocycles. The van der Waals surface area contributed by atoms with E-state index in [9.17, 15) is 19.7 Å². The highest BCUT2D eigenvalue weighted by molar-refractivity contribution is 5.96. The number of esters is 1. The molecule has 0 fully saturated rings. The maximum absolute atomic E-state index is 11.9. The molecule has 0 unspecified atom stereocenters. The highest BCUT2D eigenvalue weighted by Crippen LogP contribution is 2.18. The van der Waals surface area contributed by atoms with Crippen molar-refractivity contribution in [3.63, 3.8) is 0 Å². The van der Waals surface area contributed by atoms with Crippen LogP contribution >= 0.6 is 0 Å². The van der Waals surface area contributed by atoms with Gasteiger partial charge < -0.3 is 4.74 Å². The van der Waals surface area contributed by atoms with Gasteiger partial charge in [-0.25, -0.2) is 4.79 Å². The molecule has 0 spiro atoms. The normalized spacial score (nSPS) is 9.95. The lowest BCUT2D eigenvalue weighted by Crippen LogP contribution is -2.08. The van der Waals surface area contributed by atoms with Crippen LogP contribution in [0.4, 0.5) is 5.69 Å². The van der Waals surface area contributed by atoms with Crippen LogP contribution in [0.3, 0.4) is 0 Å². The number of benzene rings is 2. The second kappa shape index (κ2) is 5.96. The number of nitrogens with zero attached hydrogens (tertiary/aromatic N) is 1. The van der Waals surface area contributed by atoms with E-state index < -0.39 is 10.9 Å². The molecule has 0 radical (unpaired) electrons. The van der Waals surface area contributed by atoms with Crippen LogP contribution < -0.4 is 4.74 Å². The molecule has 0 aromatic heterocycles. The molecule has 0 aliphatic carbocycles. The largest absolute Gasteiger partial charge is 0.423 e. The first-order chi connectivity index (χ1) is 9.97. The third-order valence-corrected chi connectivity index (χ3v) is 2.79. The van der Waals surface area contributed by atoms with E-state index in [4.69, 9.17) is 4.74 Å². The van der Waals surface area contributed by atoms with E-state index in [2.05, 4.69) is 0 Å². The Morgan fingerprint density at radius 3 is 1.95 bits per heavy atom. The topological polar surface area (TPSA) is 86.5 Å². The molecule has 0 bridgehead atoms. The smallest absolute Gasteiger partial charge is 0.343 e. The lowest BCUT2D eigenvalue weighted by atomic mass is 10.1. The van der Waals surface area contributed by atoms with Gasteiger partial charge in [0.2, 0.25) is 0 Å². The van der Waals surface area contributed by atoms with Gasteiger partial charge in [-0.3, -0.25) is 14.9 Å². The average Bonchev–Trinajstić information content (AvgIpc) is 2.47. The lowest BCUT2D eigenvalue weighted by Gasteiger charge is -2.04. The molecular weight excluding hydrogens is 274 g/mol. The molecule has 0 N–H and O–H groups in total. The zero-order valence-corrected chi connectivity index (χ0v) is 11.1. The Kier molecular flexibility index (Phi) is 4.08. The molecule has 0 amide bonds. The van der Waals surface area contributed by atoms with Gasteiger partial charge >= 0.3 is 5.97 Å². The Bertz CT molecular complexity index is 689. The fourth-order valence-corrected chi connectivity index (χ4v) is 1.64. The highest BCUT2D eigenvalue weighted by Gasteiger charge is 2.11. The maximum atomic E-state index is 11.9. The van der Waals surface area contributed by atoms with E-state index in [1.54, 1.807) is 0 Å². The van der Waals surface area contributed by atoms with Crippen molar-refractivity contribution in [1.29, 1.82) is 0 Å². The van der Waals surface area contributed by atoms with Gasteiger partial charge in [0.15, 0.2) is 5.78 Å². The quantitative estimate of drug-likeness (QED) is 0.283. The Labute approximate surface area is 120 Å². The van der Waals surface area contributed by atoms with Crippen molar-refractivity contribution in [2.75, 3.05) is 0 Å². The number of ether oxygens (including phenoxy) is 1. The number of carbonyl (C=O) groups excluding carboxylic acids is 2. The molecule has 0 saturated heterocycles. The number of Topliss-reactive ketones (excluding diaryl/α,β-unsaturated/α-hetero) is 1. The highest BCUT2D eigenvalue weighted by atomic mass is 16.6. The Morgan fingerprint density at radius 2 is 1.48 bits per heavy atom. The lowest BCUT2D eigenvalue weighted by molar-refractivity contribution is -0.384. The van der Waals surface area contributed by atoms with Gasteiger partial charge in [-0.2, -0.15) is 0 Å². The first-order valence-corrected chi connectivity index (χ1v) is 6.05. The zero-order valence-electron chi connectivity index (χ0n) is 11.1. The number of hydrogen-bond donors (Lipinski definition) is 0.